The maximum absolute atomic E-state index is 12.9. The second kappa shape index (κ2) is 4.05. The summed E-state index contributed by atoms with van der Waals surface area (Å²) in [4.78, 5) is 26.0. The third-order valence-electron chi connectivity index (χ3n) is 5.05. The fraction of sp³-hybridized carbons (Fsp3) is 0.375. The van der Waals surface area contributed by atoms with E-state index in [4.69, 9.17) is 14.2 Å². The van der Waals surface area contributed by atoms with Crippen LogP contribution in [0.4, 0.5) is 5.69 Å². The Balaban J connectivity index is 1.54. The summed E-state index contributed by atoms with van der Waals surface area (Å²) in [7, 11) is 0. The standard InChI is InChI=1S/C16H13NO6/c18-14-13-12(15(19)20)10-3-4-16(13,23-10)6-17(14)8-1-2-9-11(5-8)22-7-21-9/h1-5,10,12-13H,6-7H2,(H,19,20)/t10-,12-,13-,16-/m1/s1. The molecule has 7 heteroatoms. The maximum atomic E-state index is 12.9. The van der Waals surface area contributed by atoms with Crippen molar-refractivity contribution < 1.29 is 28.9 Å². The molecule has 4 heterocycles. The molecule has 4 atom stereocenters. The van der Waals surface area contributed by atoms with Crippen molar-refractivity contribution in [1.29, 1.82) is 0 Å². The summed E-state index contributed by atoms with van der Waals surface area (Å²) in [5.41, 5.74) is -0.172. The first-order valence-corrected chi connectivity index (χ1v) is 7.40. The summed E-state index contributed by atoms with van der Waals surface area (Å²) in [6, 6.07) is 5.26. The van der Waals surface area contributed by atoms with Crippen molar-refractivity contribution in [3.8, 4) is 11.5 Å². The van der Waals surface area contributed by atoms with Gasteiger partial charge in [-0.2, -0.15) is 0 Å². The third-order valence-corrected chi connectivity index (χ3v) is 5.05. The first kappa shape index (κ1) is 13.0. The molecule has 0 saturated carbocycles. The molecule has 7 nitrogen and oxygen atoms in total. The second-order valence-corrected chi connectivity index (χ2v) is 6.20. The molecule has 0 radical (unpaired) electrons. The number of ether oxygens (including phenoxy) is 3. The molecule has 1 N–H and O–H groups in total. The van der Waals surface area contributed by atoms with Crippen LogP contribution in [0.15, 0.2) is 30.4 Å². The third kappa shape index (κ3) is 1.52. The smallest absolute Gasteiger partial charge is 0.310 e. The minimum atomic E-state index is -0.993. The zero-order valence-corrected chi connectivity index (χ0v) is 12.0. The van der Waals surface area contributed by atoms with Gasteiger partial charge in [0.15, 0.2) is 11.5 Å². The number of carboxylic acids is 1. The van der Waals surface area contributed by atoms with Crippen LogP contribution in [0, 0.1) is 11.8 Å². The van der Waals surface area contributed by atoms with Crippen LogP contribution in [0.3, 0.4) is 0 Å². The fourth-order valence-corrected chi connectivity index (χ4v) is 4.05. The normalized spacial score (nSPS) is 35.9. The van der Waals surface area contributed by atoms with Gasteiger partial charge in [-0.25, -0.2) is 0 Å². The highest BCUT2D eigenvalue weighted by atomic mass is 16.7. The number of fused-ring (bicyclic) bond motifs is 2. The summed E-state index contributed by atoms with van der Waals surface area (Å²) >= 11 is 0. The van der Waals surface area contributed by atoms with E-state index in [1.165, 1.54) is 0 Å². The molecule has 2 bridgehead atoms. The molecular weight excluding hydrogens is 302 g/mol. The van der Waals surface area contributed by atoms with Crippen LogP contribution in [0.25, 0.3) is 0 Å². The topological polar surface area (TPSA) is 85.3 Å². The minimum Gasteiger partial charge on any atom is -0.481 e. The number of benzene rings is 1. The Bertz CT molecular complexity index is 774. The van der Waals surface area contributed by atoms with Crippen LogP contribution in [0.1, 0.15) is 0 Å². The van der Waals surface area contributed by atoms with Crippen molar-refractivity contribution in [2.45, 2.75) is 11.7 Å². The van der Waals surface area contributed by atoms with E-state index in [0.29, 0.717) is 23.7 Å². The van der Waals surface area contributed by atoms with E-state index >= 15 is 0 Å². The largest absolute Gasteiger partial charge is 0.481 e. The lowest BCUT2D eigenvalue weighted by Gasteiger charge is -2.21. The number of amides is 1. The van der Waals surface area contributed by atoms with Gasteiger partial charge in [-0.3, -0.25) is 9.59 Å². The van der Waals surface area contributed by atoms with Gasteiger partial charge in [0.1, 0.15) is 11.5 Å². The van der Waals surface area contributed by atoms with Gasteiger partial charge in [0.05, 0.1) is 18.6 Å². The minimum absolute atomic E-state index is 0.161. The molecule has 1 spiro atoms. The summed E-state index contributed by atoms with van der Waals surface area (Å²) in [6.07, 6.45) is 3.08. The van der Waals surface area contributed by atoms with Crippen molar-refractivity contribution in [2.75, 3.05) is 18.2 Å². The number of nitrogens with zero attached hydrogens (tertiary/aromatic N) is 1. The molecule has 1 aromatic carbocycles. The van der Waals surface area contributed by atoms with Crippen LogP contribution in [0.2, 0.25) is 0 Å². The lowest BCUT2D eigenvalue weighted by atomic mass is 9.77. The van der Waals surface area contributed by atoms with Gasteiger partial charge in [-0.1, -0.05) is 12.2 Å². The van der Waals surface area contributed by atoms with E-state index in [2.05, 4.69) is 0 Å². The monoisotopic (exact) mass is 315 g/mol. The van der Waals surface area contributed by atoms with Crippen molar-refractivity contribution in [1.82, 2.24) is 0 Å². The highest BCUT2D eigenvalue weighted by Gasteiger charge is 2.67. The molecule has 23 heavy (non-hydrogen) atoms. The summed E-state index contributed by atoms with van der Waals surface area (Å²) < 4.78 is 16.5. The number of hydrogen-bond donors (Lipinski definition) is 1. The van der Waals surface area contributed by atoms with E-state index in [-0.39, 0.29) is 12.7 Å². The molecule has 5 rings (SSSR count). The van der Waals surface area contributed by atoms with Crippen LogP contribution >= 0.6 is 0 Å². The van der Waals surface area contributed by atoms with Gasteiger partial charge >= 0.3 is 5.97 Å². The first-order valence-electron chi connectivity index (χ1n) is 7.40. The predicted octanol–water partition coefficient (Wildman–Crippen LogP) is 0.786. The quantitative estimate of drug-likeness (QED) is 0.812. The van der Waals surface area contributed by atoms with Crippen LogP contribution in [0.5, 0.6) is 11.5 Å². The molecule has 0 unspecified atom stereocenters. The Labute approximate surface area is 131 Å². The number of rotatable bonds is 2. The summed E-state index contributed by atoms with van der Waals surface area (Å²) in [5.74, 6) is -1.50. The summed E-state index contributed by atoms with van der Waals surface area (Å²) in [5, 5.41) is 9.46. The average molecular weight is 315 g/mol. The Morgan fingerprint density at radius 2 is 2.13 bits per heavy atom. The van der Waals surface area contributed by atoms with E-state index in [1.807, 2.05) is 6.08 Å². The number of carbonyl (C=O) groups is 2. The highest BCUT2D eigenvalue weighted by molar-refractivity contribution is 6.02. The van der Waals surface area contributed by atoms with Gasteiger partial charge in [0, 0.05) is 11.8 Å². The lowest BCUT2D eigenvalue weighted by molar-refractivity contribution is -0.146. The number of hydrogen-bond acceptors (Lipinski definition) is 5. The zero-order valence-electron chi connectivity index (χ0n) is 12.0. The van der Waals surface area contributed by atoms with Crippen molar-refractivity contribution >= 4 is 17.6 Å². The van der Waals surface area contributed by atoms with Gasteiger partial charge < -0.3 is 24.2 Å². The number of carboxylic acid groups (broad SMARTS) is 1. The highest BCUT2D eigenvalue weighted by Crippen LogP contribution is 2.53. The molecule has 2 saturated heterocycles. The number of anilines is 1. The molecule has 0 aromatic heterocycles. The van der Waals surface area contributed by atoms with E-state index in [0.717, 1.165) is 0 Å². The Hall–Kier alpha value is -2.54. The second-order valence-electron chi connectivity index (χ2n) is 6.20. The van der Waals surface area contributed by atoms with Crippen molar-refractivity contribution in [3.63, 3.8) is 0 Å². The molecule has 2 fully saturated rings. The Kier molecular flexibility index (Phi) is 2.28. The fourth-order valence-electron chi connectivity index (χ4n) is 4.05. The molecule has 0 aliphatic carbocycles. The molecule has 1 aromatic rings. The lowest BCUT2D eigenvalue weighted by Crippen LogP contribution is -2.39. The molecule has 118 valence electrons. The summed E-state index contributed by atoms with van der Waals surface area (Å²) in [6.45, 7) is 0.473. The maximum Gasteiger partial charge on any atom is 0.310 e. The molecule has 4 aliphatic rings. The van der Waals surface area contributed by atoms with Crippen molar-refractivity contribution in [2.24, 2.45) is 11.8 Å². The molecule has 4 aliphatic heterocycles. The Morgan fingerprint density at radius 3 is 2.96 bits per heavy atom. The van der Waals surface area contributed by atoms with Gasteiger partial charge in [0.2, 0.25) is 12.7 Å². The number of aliphatic carboxylic acids is 1. The first-order chi connectivity index (χ1) is 11.1. The van der Waals surface area contributed by atoms with Gasteiger partial charge in [-0.05, 0) is 12.1 Å². The average Bonchev–Trinajstić information content (AvgIpc) is 3.26. The molecule has 1 amide bonds. The SMILES string of the molecule is O=C(O)[C@@H]1[C@H]2C=C[C@]3(CN(c4ccc5c(c4)OCO5)C(=O)[C@@H]13)O2. The van der Waals surface area contributed by atoms with Gasteiger partial charge in [-0.15, -0.1) is 0 Å². The zero-order chi connectivity index (χ0) is 15.8. The van der Waals surface area contributed by atoms with E-state index in [1.54, 1.807) is 29.2 Å². The number of carbonyl (C=O) groups excluding carboxylic acids is 1. The Morgan fingerprint density at radius 1 is 1.30 bits per heavy atom. The van der Waals surface area contributed by atoms with Crippen LogP contribution in [-0.2, 0) is 14.3 Å². The van der Waals surface area contributed by atoms with Gasteiger partial charge in [0.25, 0.3) is 0 Å². The van der Waals surface area contributed by atoms with Crippen molar-refractivity contribution in [3.05, 3.63) is 30.4 Å². The van der Waals surface area contributed by atoms with E-state index in [9.17, 15) is 14.7 Å². The van der Waals surface area contributed by atoms with E-state index < -0.39 is 29.5 Å². The van der Waals surface area contributed by atoms with Crippen LogP contribution < -0.4 is 14.4 Å². The predicted molar refractivity (Wildman–Crippen MR) is 76.3 cm³/mol. The molecular formula is C16H13NO6. The van der Waals surface area contributed by atoms with Crippen LogP contribution in [-0.4, -0.2) is 42.0 Å².